The van der Waals surface area contributed by atoms with Crippen LogP contribution in [0.2, 0.25) is 0 Å². The van der Waals surface area contributed by atoms with E-state index in [4.69, 9.17) is 47.4 Å². The van der Waals surface area contributed by atoms with E-state index >= 15 is 0 Å². The minimum absolute atomic E-state index is 0.120. The van der Waals surface area contributed by atoms with Crippen molar-refractivity contribution in [1.29, 1.82) is 0 Å². The van der Waals surface area contributed by atoms with Crippen LogP contribution in [0.4, 0.5) is 0 Å². The van der Waals surface area contributed by atoms with Crippen LogP contribution in [-0.4, -0.2) is 138 Å². The van der Waals surface area contributed by atoms with Crippen LogP contribution in [0.25, 0.3) is 0 Å². The van der Waals surface area contributed by atoms with Crippen LogP contribution < -0.4 is 0 Å². The Balaban J connectivity index is 1.97. The number of esters is 4. The van der Waals surface area contributed by atoms with E-state index in [0.29, 0.717) is 6.42 Å². The molecule has 0 saturated carbocycles. The molecule has 0 aromatic rings. The number of carbonyl (C=O) groups is 4. The minimum atomic E-state index is -1.65. The topological polar surface area (TPSA) is 221 Å². The van der Waals surface area contributed by atoms with Crippen LogP contribution in [0.5, 0.6) is 0 Å². The number of rotatable bonds is 20. The van der Waals surface area contributed by atoms with Crippen LogP contribution in [0, 0.1) is 0 Å². The summed E-state index contributed by atoms with van der Waals surface area (Å²) in [4.78, 5) is 50.1. The molecule has 3 heterocycles. The van der Waals surface area contributed by atoms with Crippen LogP contribution in [0.3, 0.4) is 0 Å². The van der Waals surface area contributed by atoms with Crippen LogP contribution in [-0.2, 0) is 66.5 Å². The van der Waals surface area contributed by atoms with Crippen molar-refractivity contribution in [2.45, 2.75) is 212 Å². The van der Waals surface area contributed by atoms with E-state index in [0.717, 1.165) is 72.1 Å². The smallest absolute Gasteiger partial charge is 0.306 e. The summed E-state index contributed by atoms with van der Waals surface area (Å²) in [5, 5.41) is 33.1. The van der Waals surface area contributed by atoms with Crippen LogP contribution in [0.15, 0.2) is 0 Å². The van der Waals surface area contributed by atoms with Crippen molar-refractivity contribution >= 4 is 23.9 Å². The molecule has 17 heteroatoms. The van der Waals surface area contributed by atoms with Gasteiger partial charge in [0.2, 0.25) is 0 Å². The Morgan fingerprint density at radius 3 is 1.58 bits per heavy atom. The predicted molar refractivity (Wildman–Crippen MR) is 191 cm³/mol. The molecule has 0 unspecified atom stereocenters. The van der Waals surface area contributed by atoms with Crippen molar-refractivity contribution in [1.82, 2.24) is 0 Å². The maximum atomic E-state index is 13.0. The monoisotopic (exact) mass is 792 g/mol. The molecule has 0 spiro atoms. The van der Waals surface area contributed by atoms with Gasteiger partial charge in [-0.1, -0.05) is 58.8 Å². The number of carbonyl (C=O) groups excluding carboxylic acids is 4. The largest absolute Gasteiger partial charge is 0.457 e. The molecule has 3 rings (SSSR count). The number of aliphatic hydroxyl groups is 3. The fourth-order valence-corrected chi connectivity index (χ4v) is 6.90. The van der Waals surface area contributed by atoms with Gasteiger partial charge in [-0.2, -0.15) is 0 Å². The van der Waals surface area contributed by atoms with Crippen molar-refractivity contribution in [3.05, 3.63) is 0 Å². The fraction of sp³-hybridized carbons (Fsp3) is 0.895. The fourth-order valence-electron chi connectivity index (χ4n) is 6.90. The van der Waals surface area contributed by atoms with Gasteiger partial charge in [0.1, 0.15) is 30.5 Å². The number of unbranched alkanes of at least 4 members (excludes halogenated alkanes) is 7. The van der Waals surface area contributed by atoms with Crippen LogP contribution in [0.1, 0.15) is 120 Å². The molecule has 15 atom stereocenters. The summed E-state index contributed by atoms with van der Waals surface area (Å²) in [5.74, 6) is -2.91. The summed E-state index contributed by atoms with van der Waals surface area (Å²) in [5.41, 5.74) is 0. The second-order valence-electron chi connectivity index (χ2n) is 14.6. The lowest BCUT2D eigenvalue weighted by Crippen LogP contribution is -2.67. The SMILES string of the molecule is CCCCCCCCO[C@@H]1O[C@@H](C)[C@H](OC(=O)CCCCC)[C@@H](O[C@@H]2O[C@@H](C)[C@H](OC(C)=O)[C@@H](O[C@@H]3O[C@@H](C)[C@H](O)[C@@H](O)[C@H]3OC(C)=O)[C@H]2OC(C)=O)[C@H]1O. The zero-order valence-corrected chi connectivity index (χ0v) is 33.5. The molecule has 3 aliphatic heterocycles. The molecule has 0 aliphatic carbocycles. The molecule has 0 radical (unpaired) electrons. The third-order valence-electron chi connectivity index (χ3n) is 9.78. The normalized spacial score (nSPS) is 36.5. The molecule has 3 N–H and O–H groups in total. The lowest BCUT2D eigenvalue weighted by Gasteiger charge is -2.49. The first kappa shape index (κ1) is 46.9. The summed E-state index contributed by atoms with van der Waals surface area (Å²) < 4.78 is 59.2. The van der Waals surface area contributed by atoms with E-state index in [-0.39, 0.29) is 13.0 Å². The number of hydrogen-bond acceptors (Lipinski definition) is 17. The maximum absolute atomic E-state index is 13.0. The summed E-state index contributed by atoms with van der Waals surface area (Å²) in [6.07, 6.45) is -11.8. The van der Waals surface area contributed by atoms with Crippen molar-refractivity contribution in [3.8, 4) is 0 Å². The summed E-state index contributed by atoms with van der Waals surface area (Å²) in [6, 6.07) is 0. The van der Waals surface area contributed by atoms with E-state index in [9.17, 15) is 34.5 Å². The van der Waals surface area contributed by atoms with Crippen molar-refractivity contribution in [2.24, 2.45) is 0 Å². The van der Waals surface area contributed by atoms with Gasteiger partial charge in [0.25, 0.3) is 0 Å². The molecule has 55 heavy (non-hydrogen) atoms. The molecule has 0 amide bonds. The average molecular weight is 793 g/mol. The Bertz CT molecular complexity index is 1200. The molecule has 3 aliphatic rings. The Kier molecular flexibility index (Phi) is 19.7. The van der Waals surface area contributed by atoms with Gasteiger partial charge in [0.05, 0.1) is 18.3 Å². The van der Waals surface area contributed by atoms with Crippen molar-refractivity contribution in [2.75, 3.05) is 6.61 Å². The first-order valence-corrected chi connectivity index (χ1v) is 19.7. The highest BCUT2D eigenvalue weighted by Gasteiger charge is 2.56. The number of aliphatic hydroxyl groups excluding tert-OH is 3. The van der Waals surface area contributed by atoms with Crippen molar-refractivity contribution < 1.29 is 81.9 Å². The van der Waals surface area contributed by atoms with Gasteiger partial charge in [-0.15, -0.1) is 0 Å². The summed E-state index contributed by atoms with van der Waals surface area (Å²) in [7, 11) is 0. The van der Waals surface area contributed by atoms with Gasteiger partial charge in [-0.25, -0.2) is 0 Å². The van der Waals surface area contributed by atoms with E-state index in [2.05, 4.69) is 6.92 Å². The Morgan fingerprint density at radius 2 is 0.964 bits per heavy atom. The van der Waals surface area contributed by atoms with Gasteiger partial charge < -0.3 is 62.7 Å². The molecule has 318 valence electrons. The molecular formula is C38H64O17. The number of ether oxygens (including phenoxy) is 10. The third-order valence-corrected chi connectivity index (χ3v) is 9.78. The Hall–Kier alpha value is -2.48. The Labute approximate surface area is 323 Å². The number of hydrogen-bond donors (Lipinski definition) is 3. The second kappa shape index (κ2) is 23.1. The molecule has 0 bridgehead atoms. The zero-order valence-electron chi connectivity index (χ0n) is 33.5. The molecule has 3 fully saturated rings. The maximum Gasteiger partial charge on any atom is 0.306 e. The van der Waals surface area contributed by atoms with Gasteiger partial charge in [-0.05, 0) is 33.6 Å². The zero-order chi connectivity index (χ0) is 40.8. The quantitative estimate of drug-likeness (QED) is 0.0916. The highest BCUT2D eigenvalue weighted by Crippen LogP contribution is 2.36. The van der Waals surface area contributed by atoms with Gasteiger partial charge in [0.15, 0.2) is 43.3 Å². The molecule has 3 saturated heterocycles. The van der Waals surface area contributed by atoms with Crippen LogP contribution >= 0.6 is 0 Å². The summed E-state index contributed by atoms with van der Waals surface area (Å²) >= 11 is 0. The van der Waals surface area contributed by atoms with Gasteiger partial charge in [-0.3, -0.25) is 19.2 Å². The lowest BCUT2D eigenvalue weighted by molar-refractivity contribution is -0.376. The lowest BCUT2D eigenvalue weighted by atomic mass is 9.96. The van der Waals surface area contributed by atoms with E-state index < -0.39 is 116 Å². The molecular weight excluding hydrogens is 728 g/mol. The molecule has 0 aromatic carbocycles. The average Bonchev–Trinajstić information content (AvgIpc) is 3.11. The van der Waals surface area contributed by atoms with Gasteiger partial charge in [0, 0.05) is 33.8 Å². The summed E-state index contributed by atoms with van der Waals surface area (Å²) in [6.45, 7) is 12.4. The second-order valence-corrected chi connectivity index (χ2v) is 14.6. The highest BCUT2D eigenvalue weighted by atomic mass is 16.8. The first-order valence-electron chi connectivity index (χ1n) is 19.7. The molecule has 17 nitrogen and oxygen atoms in total. The third kappa shape index (κ3) is 13.8. The van der Waals surface area contributed by atoms with E-state index in [1.807, 2.05) is 6.92 Å². The standard InChI is InChI=1S/C38H64O17/c1-9-11-13-14-15-17-19-46-36-29(45)32(30(21(4)48-36)53-26(42)18-16-12-10-2)54-38-35(52-25(8)41)34(31(22(5)49-38)50-23(6)39)55-37-33(51-24(7)40)28(44)27(43)20(3)47-37/h20-22,27-38,43-45H,9-19H2,1-8H3/t20-,21-,22-,27-,28+,29+,30-,31-,32-,33+,34+,35+,36+,37-,38-/m0/s1. The van der Waals surface area contributed by atoms with Gasteiger partial charge >= 0.3 is 23.9 Å². The Morgan fingerprint density at radius 1 is 0.491 bits per heavy atom. The minimum Gasteiger partial charge on any atom is -0.457 e. The van der Waals surface area contributed by atoms with E-state index in [1.54, 1.807) is 6.92 Å². The predicted octanol–water partition coefficient (Wildman–Crippen LogP) is 2.74. The first-order chi connectivity index (χ1) is 26.1. The van der Waals surface area contributed by atoms with Crippen molar-refractivity contribution in [3.63, 3.8) is 0 Å². The molecule has 0 aromatic heterocycles. The van der Waals surface area contributed by atoms with E-state index in [1.165, 1.54) is 13.8 Å². The highest BCUT2D eigenvalue weighted by molar-refractivity contribution is 5.69.